The second-order valence-corrected chi connectivity index (χ2v) is 7.65. The standard InChI is InChI=1S/C22H28BN3O5/c1-15(2)12-20(23(30)31)26-22(29)19(25-14-27)13-24-21(28)18-10-8-17(9-11-18)16-6-4-3-5-7-16/h3-11,14-15,19-20,30-31H,12-13H2,1-2H3,(H,24,28)(H,25,27)(H,26,29)/t19-,20-/m0/s1. The Bertz CT molecular complexity index is 859. The van der Waals surface area contributed by atoms with Gasteiger partial charge in [0.15, 0.2) is 0 Å². The van der Waals surface area contributed by atoms with Crippen LogP contribution in [0.3, 0.4) is 0 Å². The van der Waals surface area contributed by atoms with E-state index >= 15 is 0 Å². The Kier molecular flexibility index (Phi) is 9.24. The van der Waals surface area contributed by atoms with Crippen LogP contribution in [-0.4, -0.2) is 53.9 Å². The maximum absolute atomic E-state index is 12.5. The van der Waals surface area contributed by atoms with E-state index in [-0.39, 0.29) is 12.5 Å². The Balaban J connectivity index is 1.98. The van der Waals surface area contributed by atoms with E-state index in [0.717, 1.165) is 11.1 Å². The smallest absolute Gasteiger partial charge is 0.426 e. The SMILES string of the molecule is CC(C)C[C@H](NC(=O)[C@H](CNC(=O)c1ccc(-c2ccccc2)cc1)NC=O)B(O)O. The highest BCUT2D eigenvalue weighted by Crippen LogP contribution is 2.19. The van der Waals surface area contributed by atoms with Crippen molar-refractivity contribution in [1.82, 2.24) is 16.0 Å². The molecular weight excluding hydrogens is 397 g/mol. The predicted octanol–water partition coefficient (Wildman–Crippen LogP) is 0.741. The summed E-state index contributed by atoms with van der Waals surface area (Å²) in [5, 5.41) is 26.4. The van der Waals surface area contributed by atoms with Gasteiger partial charge in [0.2, 0.25) is 12.3 Å². The van der Waals surface area contributed by atoms with Crippen molar-refractivity contribution in [2.75, 3.05) is 6.54 Å². The Labute approximate surface area is 182 Å². The molecule has 0 radical (unpaired) electrons. The van der Waals surface area contributed by atoms with Crippen LogP contribution in [0.1, 0.15) is 30.6 Å². The summed E-state index contributed by atoms with van der Waals surface area (Å²) in [5.41, 5.74) is 2.41. The zero-order valence-corrected chi connectivity index (χ0v) is 17.6. The van der Waals surface area contributed by atoms with Gasteiger partial charge in [0.25, 0.3) is 5.91 Å². The first-order valence-electron chi connectivity index (χ1n) is 10.1. The van der Waals surface area contributed by atoms with E-state index in [1.807, 2.05) is 56.3 Å². The van der Waals surface area contributed by atoms with Crippen LogP contribution in [0.25, 0.3) is 11.1 Å². The van der Waals surface area contributed by atoms with Gasteiger partial charge in [-0.1, -0.05) is 56.3 Å². The van der Waals surface area contributed by atoms with Gasteiger partial charge in [0.05, 0.1) is 5.94 Å². The molecule has 2 aromatic carbocycles. The molecular formula is C22H28BN3O5. The molecule has 0 saturated heterocycles. The second kappa shape index (κ2) is 11.9. The molecule has 8 nitrogen and oxygen atoms in total. The van der Waals surface area contributed by atoms with E-state index in [1.165, 1.54) is 0 Å². The zero-order valence-electron chi connectivity index (χ0n) is 17.6. The van der Waals surface area contributed by atoms with Gasteiger partial charge in [-0.15, -0.1) is 0 Å². The largest absolute Gasteiger partial charge is 0.475 e. The number of nitrogens with one attached hydrogen (secondary N) is 3. The third kappa shape index (κ3) is 7.55. The summed E-state index contributed by atoms with van der Waals surface area (Å²) in [7, 11) is -1.74. The maximum Gasteiger partial charge on any atom is 0.475 e. The third-order valence-corrected chi connectivity index (χ3v) is 4.72. The summed E-state index contributed by atoms with van der Waals surface area (Å²) in [5.74, 6) is -1.79. The molecule has 31 heavy (non-hydrogen) atoms. The number of rotatable bonds is 11. The van der Waals surface area contributed by atoms with E-state index in [9.17, 15) is 24.4 Å². The molecule has 0 aliphatic carbocycles. The number of carbonyl (C=O) groups excluding carboxylic acids is 3. The Morgan fingerprint density at radius 2 is 1.61 bits per heavy atom. The van der Waals surface area contributed by atoms with Crippen molar-refractivity contribution in [3.8, 4) is 11.1 Å². The van der Waals surface area contributed by atoms with Crippen LogP contribution < -0.4 is 16.0 Å². The number of hydrogen-bond donors (Lipinski definition) is 5. The molecule has 0 aromatic heterocycles. The van der Waals surface area contributed by atoms with Crippen molar-refractivity contribution in [3.05, 3.63) is 60.2 Å². The van der Waals surface area contributed by atoms with Crippen molar-refractivity contribution >= 4 is 25.3 Å². The number of amides is 3. The van der Waals surface area contributed by atoms with Crippen LogP contribution in [-0.2, 0) is 9.59 Å². The normalized spacial score (nSPS) is 12.5. The van der Waals surface area contributed by atoms with Crippen molar-refractivity contribution in [2.24, 2.45) is 5.92 Å². The molecule has 0 saturated carbocycles. The molecule has 3 amide bonds. The fourth-order valence-corrected chi connectivity index (χ4v) is 3.10. The highest BCUT2D eigenvalue weighted by molar-refractivity contribution is 6.43. The van der Waals surface area contributed by atoms with Crippen LogP contribution in [0.15, 0.2) is 54.6 Å². The molecule has 0 aliphatic rings. The Hall–Kier alpha value is -3.17. The summed E-state index contributed by atoms with van der Waals surface area (Å²) < 4.78 is 0. The molecule has 0 aliphatic heterocycles. The lowest BCUT2D eigenvalue weighted by molar-refractivity contribution is -0.125. The molecule has 0 fully saturated rings. The monoisotopic (exact) mass is 425 g/mol. The van der Waals surface area contributed by atoms with Crippen LogP contribution in [0, 0.1) is 5.92 Å². The van der Waals surface area contributed by atoms with Gasteiger partial charge in [-0.05, 0) is 35.6 Å². The molecule has 0 spiro atoms. The lowest BCUT2D eigenvalue weighted by atomic mass is 9.75. The van der Waals surface area contributed by atoms with Crippen molar-refractivity contribution in [1.29, 1.82) is 0 Å². The van der Waals surface area contributed by atoms with Crippen LogP contribution in [0.5, 0.6) is 0 Å². The molecule has 2 atom stereocenters. The van der Waals surface area contributed by atoms with E-state index in [1.54, 1.807) is 12.1 Å². The van der Waals surface area contributed by atoms with Crippen molar-refractivity contribution < 1.29 is 24.4 Å². The molecule has 5 N–H and O–H groups in total. The fourth-order valence-electron chi connectivity index (χ4n) is 3.10. The Morgan fingerprint density at radius 3 is 2.16 bits per heavy atom. The van der Waals surface area contributed by atoms with Crippen molar-refractivity contribution in [2.45, 2.75) is 32.3 Å². The maximum atomic E-state index is 12.5. The number of hydrogen-bond acceptors (Lipinski definition) is 5. The molecule has 0 unspecified atom stereocenters. The van der Waals surface area contributed by atoms with E-state index in [4.69, 9.17) is 0 Å². The average Bonchev–Trinajstić information content (AvgIpc) is 2.76. The number of benzene rings is 2. The summed E-state index contributed by atoms with van der Waals surface area (Å²) in [4.78, 5) is 35.8. The minimum Gasteiger partial charge on any atom is -0.426 e. The quantitative estimate of drug-likeness (QED) is 0.268. The van der Waals surface area contributed by atoms with E-state index in [0.29, 0.717) is 18.4 Å². The summed E-state index contributed by atoms with van der Waals surface area (Å²) >= 11 is 0. The highest BCUT2D eigenvalue weighted by Gasteiger charge is 2.29. The molecule has 0 bridgehead atoms. The summed E-state index contributed by atoms with van der Waals surface area (Å²) in [6.07, 6.45) is 0.704. The molecule has 164 valence electrons. The lowest BCUT2D eigenvalue weighted by Crippen LogP contribution is -2.56. The number of carbonyl (C=O) groups is 3. The third-order valence-electron chi connectivity index (χ3n) is 4.72. The van der Waals surface area contributed by atoms with Crippen LogP contribution >= 0.6 is 0 Å². The zero-order chi connectivity index (χ0) is 22.8. The minimum absolute atomic E-state index is 0.114. The van der Waals surface area contributed by atoms with Crippen molar-refractivity contribution in [3.63, 3.8) is 0 Å². The average molecular weight is 425 g/mol. The highest BCUT2D eigenvalue weighted by atomic mass is 16.4. The molecule has 2 aromatic rings. The van der Waals surface area contributed by atoms with Gasteiger partial charge in [-0.25, -0.2) is 0 Å². The second-order valence-electron chi connectivity index (χ2n) is 7.65. The minimum atomic E-state index is -1.74. The topological polar surface area (TPSA) is 128 Å². The molecule has 0 heterocycles. The first kappa shape index (κ1) is 24.1. The van der Waals surface area contributed by atoms with Gasteiger partial charge in [-0.2, -0.15) is 0 Å². The van der Waals surface area contributed by atoms with E-state index in [2.05, 4.69) is 16.0 Å². The van der Waals surface area contributed by atoms with Gasteiger partial charge in [0, 0.05) is 12.1 Å². The summed E-state index contributed by atoms with van der Waals surface area (Å²) in [6.45, 7) is 3.61. The first-order chi connectivity index (χ1) is 14.8. The van der Waals surface area contributed by atoms with Crippen LogP contribution in [0.4, 0.5) is 0 Å². The van der Waals surface area contributed by atoms with Gasteiger partial charge in [-0.3, -0.25) is 14.4 Å². The predicted molar refractivity (Wildman–Crippen MR) is 119 cm³/mol. The summed E-state index contributed by atoms with van der Waals surface area (Å²) in [6, 6.07) is 15.7. The lowest BCUT2D eigenvalue weighted by Gasteiger charge is -2.23. The van der Waals surface area contributed by atoms with Crippen LogP contribution in [0.2, 0.25) is 0 Å². The molecule has 2 rings (SSSR count). The Morgan fingerprint density at radius 1 is 1.00 bits per heavy atom. The van der Waals surface area contributed by atoms with Gasteiger partial charge >= 0.3 is 7.12 Å². The fraction of sp³-hybridized carbons (Fsp3) is 0.318. The van der Waals surface area contributed by atoms with E-state index < -0.39 is 30.9 Å². The van der Waals surface area contributed by atoms with Gasteiger partial charge in [0.1, 0.15) is 6.04 Å². The molecule has 9 heteroatoms. The van der Waals surface area contributed by atoms with Gasteiger partial charge < -0.3 is 26.0 Å². The first-order valence-corrected chi connectivity index (χ1v) is 10.1.